The van der Waals surface area contributed by atoms with E-state index < -0.39 is 80.2 Å². The molecule has 4 heterocycles. The van der Waals surface area contributed by atoms with Crippen molar-refractivity contribution in [3.63, 3.8) is 0 Å². The number of aromatic amines is 1. The zero-order valence-electron chi connectivity index (χ0n) is 29.9. The average Bonchev–Trinajstić information content (AvgIpc) is 3.68. The third kappa shape index (κ3) is 8.05. The number of rotatable bonds is 13. The molecule has 2 fully saturated rings. The normalized spacial score (nSPS) is 21.9. The molecule has 6 atom stereocenters. The Balaban J connectivity index is 1.22. The number of nitro groups is 2. The summed E-state index contributed by atoms with van der Waals surface area (Å²) in [5, 5.41) is 44.4. The Morgan fingerprint density at radius 2 is 1.59 bits per heavy atom. The molecule has 0 saturated carbocycles. The first-order chi connectivity index (χ1) is 26.6. The zero-order chi connectivity index (χ0) is 40.4. The SMILES string of the molecule is C[C@@H](O)[C@H]1C(=O)N2C(C(=O)OCc3ccc([N+](=O)[O-])cc3)=C(S[C@H]3C[C@@H](CNC(=O)c4cc(=O)c(O)c[nH]4)N(C(=O)OCc4ccc([N+](=O)[O-])cc4)C3)[C@H](C)[C@H]12. The summed E-state index contributed by atoms with van der Waals surface area (Å²) in [6.45, 7) is 2.83. The average molecular weight is 793 g/mol. The van der Waals surface area contributed by atoms with Crippen LogP contribution in [0.15, 0.2) is 76.2 Å². The third-order valence-corrected chi connectivity index (χ3v) is 11.4. The van der Waals surface area contributed by atoms with Gasteiger partial charge in [0.25, 0.3) is 17.3 Å². The lowest BCUT2D eigenvalue weighted by Crippen LogP contribution is -2.63. The number of carbonyl (C=O) groups is 4. The number of thioether (sulfide) groups is 1. The number of aliphatic hydroxyl groups excluding tert-OH is 1. The number of nitro benzene ring substituents is 2. The van der Waals surface area contributed by atoms with Crippen molar-refractivity contribution in [2.24, 2.45) is 11.8 Å². The Morgan fingerprint density at radius 1 is 1.00 bits per heavy atom. The van der Waals surface area contributed by atoms with Crippen molar-refractivity contribution in [2.45, 2.75) is 56.9 Å². The molecule has 2 saturated heterocycles. The van der Waals surface area contributed by atoms with Gasteiger partial charge in [-0.3, -0.25) is 34.6 Å². The van der Waals surface area contributed by atoms with Gasteiger partial charge >= 0.3 is 12.1 Å². The first-order valence-electron chi connectivity index (χ1n) is 17.3. The molecule has 0 spiro atoms. The number of ether oxygens (including phenoxy) is 2. The standard InChI is InChI=1S/C36H36N6O13S/c1-18-30-29(19(2)43)34(47)40(30)31(35(48)54-16-20-3-7-22(8-4-20)41(50)51)32(18)56-25-11-24(13-38-33(46)26-12-27(44)28(45)14-37-26)39(15-25)36(49)55-17-21-5-9-23(10-6-21)42(52)53/h3-10,12,14,18-19,24-25,29-30,43,45H,11,13,15-17H2,1-2H3,(H,37,44)(H,38,46)/t18-,19-,24+,25+,29-,30-/m1/s1. The number of aromatic nitrogens is 1. The van der Waals surface area contributed by atoms with E-state index in [0.29, 0.717) is 16.0 Å². The lowest BCUT2D eigenvalue weighted by Gasteiger charge is -2.46. The van der Waals surface area contributed by atoms with Crippen LogP contribution < -0.4 is 10.7 Å². The highest BCUT2D eigenvalue weighted by Crippen LogP contribution is 2.52. The van der Waals surface area contributed by atoms with Gasteiger partial charge in [-0.25, -0.2) is 9.59 Å². The summed E-state index contributed by atoms with van der Waals surface area (Å²) in [7, 11) is 0. The van der Waals surface area contributed by atoms with Crippen LogP contribution in [0.3, 0.4) is 0 Å². The summed E-state index contributed by atoms with van der Waals surface area (Å²) in [6, 6.07) is 10.6. The molecule has 56 heavy (non-hydrogen) atoms. The van der Waals surface area contributed by atoms with Crippen molar-refractivity contribution in [3.05, 3.63) is 119 Å². The number of amides is 3. The van der Waals surface area contributed by atoms with E-state index in [1.807, 2.05) is 6.92 Å². The minimum atomic E-state index is -1.00. The number of carbonyl (C=O) groups excluding carboxylic acids is 4. The summed E-state index contributed by atoms with van der Waals surface area (Å²) in [5.74, 6) is -3.73. The molecule has 0 bridgehead atoms. The monoisotopic (exact) mass is 792 g/mol. The van der Waals surface area contributed by atoms with E-state index in [9.17, 15) is 54.4 Å². The van der Waals surface area contributed by atoms with Crippen LogP contribution in [0.25, 0.3) is 0 Å². The van der Waals surface area contributed by atoms with Gasteiger partial charge in [-0.1, -0.05) is 6.92 Å². The van der Waals surface area contributed by atoms with Crippen molar-refractivity contribution in [3.8, 4) is 5.75 Å². The zero-order valence-corrected chi connectivity index (χ0v) is 30.7. The number of hydrogen-bond acceptors (Lipinski definition) is 14. The molecule has 3 aliphatic rings. The largest absolute Gasteiger partial charge is 0.503 e. The van der Waals surface area contributed by atoms with Gasteiger partial charge in [-0.05, 0) is 48.7 Å². The van der Waals surface area contributed by atoms with Gasteiger partial charge in [0.2, 0.25) is 11.3 Å². The molecular weight excluding hydrogens is 756 g/mol. The molecule has 6 rings (SSSR count). The Morgan fingerprint density at radius 3 is 2.14 bits per heavy atom. The molecule has 19 nitrogen and oxygen atoms in total. The summed E-state index contributed by atoms with van der Waals surface area (Å²) < 4.78 is 11.2. The molecule has 0 radical (unpaired) electrons. The lowest BCUT2D eigenvalue weighted by molar-refractivity contribution is -0.385. The van der Waals surface area contributed by atoms with Crippen molar-refractivity contribution >= 4 is 47.0 Å². The number of benzene rings is 2. The maximum atomic E-state index is 13.7. The van der Waals surface area contributed by atoms with Gasteiger partial charge in [-0.15, -0.1) is 11.8 Å². The van der Waals surface area contributed by atoms with Crippen LogP contribution in [-0.4, -0.2) is 95.2 Å². The fourth-order valence-corrected chi connectivity index (χ4v) is 8.56. The van der Waals surface area contributed by atoms with Crippen molar-refractivity contribution in [1.82, 2.24) is 20.1 Å². The minimum absolute atomic E-state index is 0.00310. The molecule has 3 amide bonds. The highest BCUT2D eigenvalue weighted by molar-refractivity contribution is 8.03. The Labute approximate surface area is 321 Å². The Hall–Kier alpha value is -6.28. The highest BCUT2D eigenvalue weighted by Gasteiger charge is 2.60. The summed E-state index contributed by atoms with van der Waals surface area (Å²) in [4.78, 5) is 92.2. The Kier molecular flexibility index (Phi) is 11.4. The van der Waals surface area contributed by atoms with Gasteiger partial charge in [0, 0.05) is 65.7 Å². The molecule has 2 aromatic carbocycles. The molecule has 3 aliphatic heterocycles. The van der Waals surface area contributed by atoms with Crippen LogP contribution in [0, 0.1) is 32.1 Å². The quantitative estimate of drug-likeness (QED) is 0.0840. The first kappa shape index (κ1) is 39.4. The second-order valence-electron chi connectivity index (χ2n) is 13.5. The number of hydrogen-bond donors (Lipinski definition) is 4. The number of non-ortho nitro benzene ring substituents is 2. The van der Waals surface area contributed by atoms with E-state index in [-0.39, 0.29) is 55.5 Å². The van der Waals surface area contributed by atoms with E-state index in [2.05, 4.69) is 10.3 Å². The van der Waals surface area contributed by atoms with Gasteiger partial charge in [0.15, 0.2) is 5.75 Å². The second-order valence-corrected chi connectivity index (χ2v) is 14.9. The number of esters is 1. The summed E-state index contributed by atoms with van der Waals surface area (Å²) in [6.07, 6.45) is -0.517. The fourth-order valence-electron chi connectivity index (χ4n) is 7.00. The smallest absolute Gasteiger partial charge is 0.410 e. The maximum Gasteiger partial charge on any atom is 0.410 e. The van der Waals surface area contributed by atoms with E-state index in [1.165, 1.54) is 77.0 Å². The molecule has 20 heteroatoms. The van der Waals surface area contributed by atoms with Crippen LogP contribution in [0.2, 0.25) is 0 Å². The number of β-lactam (4-membered cyclic amide) rings is 1. The Bertz CT molecular complexity index is 2160. The van der Waals surface area contributed by atoms with Crippen molar-refractivity contribution in [1.29, 1.82) is 0 Å². The van der Waals surface area contributed by atoms with Crippen molar-refractivity contribution < 1.29 is 48.7 Å². The van der Waals surface area contributed by atoms with Crippen LogP contribution in [0.4, 0.5) is 16.2 Å². The topological polar surface area (TPSA) is 265 Å². The molecule has 4 N–H and O–H groups in total. The highest BCUT2D eigenvalue weighted by atomic mass is 32.2. The number of likely N-dealkylation sites (tertiary alicyclic amines) is 1. The van der Waals surface area contributed by atoms with Gasteiger partial charge in [0.1, 0.15) is 24.6 Å². The van der Waals surface area contributed by atoms with Crippen LogP contribution in [0.5, 0.6) is 5.75 Å². The summed E-state index contributed by atoms with van der Waals surface area (Å²) >= 11 is 1.25. The maximum absolute atomic E-state index is 13.7. The van der Waals surface area contributed by atoms with Crippen LogP contribution >= 0.6 is 11.8 Å². The number of H-pyrrole nitrogens is 1. The number of aromatic hydroxyl groups is 1. The summed E-state index contributed by atoms with van der Waals surface area (Å²) in [5.41, 5.74) is -0.231. The number of nitrogens with one attached hydrogen (secondary N) is 2. The number of aliphatic hydroxyl groups is 1. The predicted octanol–water partition coefficient (Wildman–Crippen LogP) is 2.95. The first-order valence-corrected chi connectivity index (χ1v) is 18.2. The van der Waals surface area contributed by atoms with E-state index >= 15 is 0 Å². The molecule has 0 aliphatic carbocycles. The second kappa shape index (κ2) is 16.2. The van der Waals surface area contributed by atoms with Gasteiger partial charge < -0.3 is 39.8 Å². The number of pyridine rings is 1. The minimum Gasteiger partial charge on any atom is -0.503 e. The van der Waals surface area contributed by atoms with Crippen LogP contribution in [-0.2, 0) is 32.3 Å². The number of nitrogens with zero attached hydrogens (tertiary/aromatic N) is 4. The molecule has 294 valence electrons. The van der Waals surface area contributed by atoms with Gasteiger partial charge in [0.05, 0.1) is 34.0 Å². The van der Waals surface area contributed by atoms with Gasteiger partial charge in [-0.2, -0.15) is 0 Å². The lowest BCUT2D eigenvalue weighted by atomic mass is 9.79. The molecule has 0 unspecified atom stereocenters. The van der Waals surface area contributed by atoms with E-state index in [1.54, 1.807) is 0 Å². The predicted molar refractivity (Wildman–Crippen MR) is 196 cm³/mol. The van der Waals surface area contributed by atoms with Crippen molar-refractivity contribution in [2.75, 3.05) is 13.1 Å². The number of fused-ring (bicyclic) bond motifs is 1. The van der Waals surface area contributed by atoms with E-state index in [4.69, 9.17) is 9.47 Å². The van der Waals surface area contributed by atoms with E-state index in [0.717, 1.165) is 12.3 Å². The molecular formula is C36H36N6O13S. The molecule has 3 aromatic rings. The third-order valence-electron chi connectivity index (χ3n) is 9.87. The van der Waals surface area contributed by atoms with Crippen LogP contribution in [0.1, 0.15) is 41.9 Å². The fraction of sp³-hybridized carbons (Fsp3) is 0.361. The molecule has 1 aromatic heterocycles.